The van der Waals surface area contributed by atoms with Crippen LogP contribution in [0.5, 0.6) is 0 Å². The second-order valence-electron chi connectivity index (χ2n) is 4.63. The fourth-order valence-corrected chi connectivity index (χ4v) is 2.08. The zero-order valence-electron chi connectivity index (χ0n) is 9.80. The molecule has 0 radical (unpaired) electrons. The molecular weight excluding hydrogens is 226 g/mol. The van der Waals surface area contributed by atoms with Gasteiger partial charge in [-0.3, -0.25) is 0 Å². The van der Waals surface area contributed by atoms with Gasteiger partial charge in [0.1, 0.15) is 0 Å². The van der Waals surface area contributed by atoms with Gasteiger partial charge < -0.3 is 10.3 Å². The molecule has 0 bridgehead atoms. The summed E-state index contributed by atoms with van der Waals surface area (Å²) in [6, 6.07) is 8.63. The molecule has 0 unspecified atom stereocenters. The van der Waals surface area contributed by atoms with Crippen LogP contribution >= 0.6 is 0 Å². The highest BCUT2D eigenvalue weighted by Crippen LogP contribution is 2.24. The number of nitrogens with zero attached hydrogens (tertiary/aromatic N) is 3. The van der Waals surface area contributed by atoms with E-state index in [1.54, 1.807) is 0 Å². The van der Waals surface area contributed by atoms with Crippen molar-refractivity contribution in [3.05, 3.63) is 36.7 Å². The highest BCUT2D eigenvalue weighted by molar-refractivity contribution is 5.63. The van der Waals surface area contributed by atoms with Crippen LogP contribution in [0.4, 0.5) is 5.95 Å². The molecule has 90 valence electrons. The normalized spacial score (nSPS) is 15.1. The number of pyridine rings is 1. The van der Waals surface area contributed by atoms with Crippen molar-refractivity contribution in [1.29, 1.82) is 0 Å². The third kappa shape index (κ3) is 1.55. The van der Waals surface area contributed by atoms with Gasteiger partial charge in [0.2, 0.25) is 5.95 Å². The Morgan fingerprint density at radius 1 is 1.28 bits per heavy atom. The van der Waals surface area contributed by atoms with Gasteiger partial charge in [0.25, 0.3) is 0 Å². The van der Waals surface area contributed by atoms with Gasteiger partial charge in [-0.25, -0.2) is 4.52 Å². The minimum atomic E-state index is 0.568. The summed E-state index contributed by atoms with van der Waals surface area (Å²) in [4.78, 5) is 7.56. The number of hydrogen-bond acceptors (Lipinski definition) is 3. The summed E-state index contributed by atoms with van der Waals surface area (Å²) < 4.78 is 1.88. The molecule has 0 atom stereocenters. The molecule has 1 aliphatic carbocycles. The van der Waals surface area contributed by atoms with Crippen molar-refractivity contribution in [2.45, 2.75) is 18.9 Å². The maximum atomic E-state index is 4.53. The average molecular weight is 239 g/mol. The molecule has 0 saturated heterocycles. The van der Waals surface area contributed by atoms with Gasteiger partial charge in [0, 0.05) is 24.0 Å². The fourth-order valence-electron chi connectivity index (χ4n) is 2.08. The SMILES string of the molecule is c1cc(-c2cc[nH]c2)n2nc(NC3CC3)nc2c1. The first-order valence-corrected chi connectivity index (χ1v) is 6.16. The Bertz CT molecular complexity index is 679. The van der Waals surface area contributed by atoms with Gasteiger partial charge in [-0.1, -0.05) is 6.07 Å². The number of hydrogen-bond donors (Lipinski definition) is 2. The third-order valence-electron chi connectivity index (χ3n) is 3.16. The lowest BCUT2D eigenvalue weighted by Gasteiger charge is -2.00. The van der Waals surface area contributed by atoms with Crippen LogP contribution < -0.4 is 5.32 Å². The molecule has 3 aromatic rings. The molecule has 1 saturated carbocycles. The number of aromatic nitrogens is 4. The molecule has 3 heterocycles. The minimum Gasteiger partial charge on any atom is -0.367 e. The summed E-state index contributed by atoms with van der Waals surface area (Å²) in [6.07, 6.45) is 6.32. The molecule has 5 nitrogen and oxygen atoms in total. The molecule has 0 aliphatic heterocycles. The fraction of sp³-hybridized carbons (Fsp3) is 0.231. The molecule has 18 heavy (non-hydrogen) atoms. The van der Waals surface area contributed by atoms with E-state index in [2.05, 4.69) is 20.4 Å². The van der Waals surface area contributed by atoms with E-state index in [9.17, 15) is 0 Å². The standard InChI is InChI=1S/C13H13N5/c1-2-11(9-6-7-14-8-9)18-12(3-1)16-13(17-18)15-10-4-5-10/h1-3,6-8,10,14H,4-5H2,(H,15,17). The summed E-state index contributed by atoms with van der Waals surface area (Å²) in [5.74, 6) is 0.723. The Kier molecular flexibility index (Phi) is 1.94. The quantitative estimate of drug-likeness (QED) is 0.737. The van der Waals surface area contributed by atoms with Gasteiger partial charge in [-0.15, -0.1) is 5.10 Å². The van der Waals surface area contributed by atoms with E-state index in [1.165, 1.54) is 12.8 Å². The lowest BCUT2D eigenvalue weighted by Crippen LogP contribution is -2.02. The van der Waals surface area contributed by atoms with E-state index in [0.717, 1.165) is 22.9 Å². The van der Waals surface area contributed by atoms with Crippen LogP contribution in [-0.2, 0) is 0 Å². The highest BCUT2D eigenvalue weighted by Gasteiger charge is 2.22. The van der Waals surface area contributed by atoms with Crippen molar-refractivity contribution in [3.8, 4) is 11.3 Å². The maximum Gasteiger partial charge on any atom is 0.243 e. The third-order valence-corrected chi connectivity index (χ3v) is 3.16. The van der Waals surface area contributed by atoms with Crippen molar-refractivity contribution in [1.82, 2.24) is 19.6 Å². The Morgan fingerprint density at radius 2 is 2.22 bits per heavy atom. The summed E-state index contributed by atoms with van der Waals surface area (Å²) in [6.45, 7) is 0. The van der Waals surface area contributed by atoms with Crippen LogP contribution in [0.25, 0.3) is 16.9 Å². The topological polar surface area (TPSA) is 58.0 Å². The molecule has 1 fully saturated rings. The van der Waals surface area contributed by atoms with Gasteiger partial charge in [-0.05, 0) is 31.0 Å². The number of rotatable bonds is 3. The number of aromatic amines is 1. The van der Waals surface area contributed by atoms with E-state index >= 15 is 0 Å². The van der Waals surface area contributed by atoms with Crippen LogP contribution in [0.1, 0.15) is 12.8 Å². The van der Waals surface area contributed by atoms with E-state index < -0.39 is 0 Å². The summed E-state index contributed by atoms with van der Waals surface area (Å²) >= 11 is 0. The average Bonchev–Trinajstić information content (AvgIpc) is 2.91. The Hall–Kier alpha value is -2.30. The summed E-state index contributed by atoms with van der Waals surface area (Å²) in [5, 5.41) is 7.86. The van der Waals surface area contributed by atoms with Crippen LogP contribution in [-0.4, -0.2) is 25.6 Å². The van der Waals surface area contributed by atoms with Gasteiger partial charge in [-0.2, -0.15) is 4.98 Å². The molecule has 4 rings (SSSR count). The summed E-state index contributed by atoms with van der Waals surface area (Å²) in [5.41, 5.74) is 3.03. The Morgan fingerprint density at radius 3 is 3.00 bits per heavy atom. The molecule has 0 amide bonds. The Labute approximate surface area is 104 Å². The van der Waals surface area contributed by atoms with E-state index in [0.29, 0.717) is 6.04 Å². The minimum absolute atomic E-state index is 0.568. The van der Waals surface area contributed by atoms with Crippen molar-refractivity contribution in [2.75, 3.05) is 5.32 Å². The number of nitrogens with one attached hydrogen (secondary N) is 2. The largest absolute Gasteiger partial charge is 0.367 e. The highest BCUT2D eigenvalue weighted by atomic mass is 15.4. The Balaban J connectivity index is 1.84. The predicted octanol–water partition coefficient (Wildman–Crippen LogP) is 2.30. The number of fused-ring (bicyclic) bond motifs is 1. The van der Waals surface area contributed by atoms with Crippen molar-refractivity contribution in [2.24, 2.45) is 0 Å². The zero-order chi connectivity index (χ0) is 11.9. The number of H-pyrrole nitrogens is 1. The molecule has 5 heteroatoms. The lowest BCUT2D eigenvalue weighted by atomic mass is 10.2. The smallest absolute Gasteiger partial charge is 0.243 e. The van der Waals surface area contributed by atoms with E-state index in [1.807, 2.05) is 41.2 Å². The molecule has 0 aromatic carbocycles. The van der Waals surface area contributed by atoms with Crippen LogP contribution in [0, 0.1) is 0 Å². The van der Waals surface area contributed by atoms with Gasteiger partial charge >= 0.3 is 0 Å². The van der Waals surface area contributed by atoms with E-state index in [-0.39, 0.29) is 0 Å². The van der Waals surface area contributed by atoms with Crippen molar-refractivity contribution in [3.63, 3.8) is 0 Å². The summed E-state index contributed by atoms with van der Waals surface area (Å²) in [7, 11) is 0. The lowest BCUT2D eigenvalue weighted by molar-refractivity contribution is 0.957. The first-order chi connectivity index (χ1) is 8.90. The first kappa shape index (κ1) is 9.70. The first-order valence-electron chi connectivity index (χ1n) is 6.16. The molecule has 3 aromatic heterocycles. The second-order valence-corrected chi connectivity index (χ2v) is 4.63. The van der Waals surface area contributed by atoms with Gasteiger partial charge in [0.05, 0.1) is 5.69 Å². The second kappa shape index (κ2) is 3.60. The molecule has 1 aliphatic rings. The van der Waals surface area contributed by atoms with Crippen LogP contribution in [0.2, 0.25) is 0 Å². The van der Waals surface area contributed by atoms with Gasteiger partial charge in [0.15, 0.2) is 5.65 Å². The number of anilines is 1. The molecule has 0 spiro atoms. The zero-order valence-corrected chi connectivity index (χ0v) is 9.80. The molecular formula is C13H13N5. The van der Waals surface area contributed by atoms with Crippen LogP contribution in [0.15, 0.2) is 36.7 Å². The van der Waals surface area contributed by atoms with Crippen molar-refractivity contribution >= 4 is 11.6 Å². The van der Waals surface area contributed by atoms with E-state index in [4.69, 9.17) is 0 Å². The van der Waals surface area contributed by atoms with Crippen molar-refractivity contribution < 1.29 is 0 Å². The predicted molar refractivity (Wildman–Crippen MR) is 69.4 cm³/mol. The van der Waals surface area contributed by atoms with Crippen LogP contribution in [0.3, 0.4) is 0 Å². The monoisotopic (exact) mass is 239 g/mol. The maximum absolute atomic E-state index is 4.53. The molecule has 2 N–H and O–H groups in total.